The second kappa shape index (κ2) is 7.34. The van der Waals surface area contributed by atoms with E-state index in [4.69, 9.17) is 4.74 Å². The van der Waals surface area contributed by atoms with Crippen LogP contribution in [0.3, 0.4) is 0 Å². The molecule has 4 heteroatoms. The molecule has 1 aliphatic heterocycles. The number of nitrogens with zero attached hydrogens (tertiary/aromatic N) is 1. The molecule has 0 bridgehead atoms. The summed E-state index contributed by atoms with van der Waals surface area (Å²) >= 11 is 0. The van der Waals surface area contributed by atoms with Crippen LogP contribution in [0.25, 0.3) is 0 Å². The van der Waals surface area contributed by atoms with Crippen LogP contribution in [0.5, 0.6) is 0 Å². The van der Waals surface area contributed by atoms with Crippen LogP contribution < -0.4 is 5.32 Å². The molecular formula is C17H27FN2O. The molecule has 1 N–H and O–H groups in total. The van der Waals surface area contributed by atoms with Crippen LogP contribution in [0.4, 0.5) is 4.39 Å². The van der Waals surface area contributed by atoms with Gasteiger partial charge in [0.15, 0.2) is 0 Å². The molecule has 21 heavy (non-hydrogen) atoms. The van der Waals surface area contributed by atoms with Gasteiger partial charge < -0.3 is 10.1 Å². The van der Waals surface area contributed by atoms with Gasteiger partial charge in [-0.2, -0.15) is 0 Å². The smallest absolute Gasteiger partial charge is 0.123 e. The highest BCUT2D eigenvalue weighted by Gasteiger charge is 2.38. The van der Waals surface area contributed by atoms with Crippen LogP contribution in [-0.4, -0.2) is 49.8 Å². The molecule has 0 amide bonds. The van der Waals surface area contributed by atoms with Gasteiger partial charge in [-0.25, -0.2) is 4.39 Å². The monoisotopic (exact) mass is 294 g/mol. The Morgan fingerprint density at radius 2 is 2.10 bits per heavy atom. The minimum absolute atomic E-state index is 0.0465. The van der Waals surface area contributed by atoms with Crippen molar-refractivity contribution in [3.05, 3.63) is 35.6 Å². The Labute approximate surface area is 127 Å². The summed E-state index contributed by atoms with van der Waals surface area (Å²) in [5.41, 5.74) is 1.09. The third-order valence-electron chi connectivity index (χ3n) is 4.88. The topological polar surface area (TPSA) is 24.5 Å². The standard InChI is InChI=1S/C17H27FN2O/c1-4-17(2,20-8-10-21-11-9-20)16(19-3)13-14-6-5-7-15(18)12-14/h5-7,12,16,19H,4,8-11,13H2,1-3H3. The van der Waals surface area contributed by atoms with Crippen molar-refractivity contribution in [1.29, 1.82) is 0 Å². The quantitative estimate of drug-likeness (QED) is 0.872. The summed E-state index contributed by atoms with van der Waals surface area (Å²) in [5.74, 6) is -0.160. The highest BCUT2D eigenvalue weighted by molar-refractivity contribution is 5.19. The zero-order valence-electron chi connectivity index (χ0n) is 13.4. The SMILES string of the molecule is CCC(C)(C(Cc1cccc(F)c1)NC)N1CCOCC1. The maximum absolute atomic E-state index is 13.4. The lowest BCUT2D eigenvalue weighted by Gasteiger charge is -2.48. The number of likely N-dealkylation sites (N-methyl/N-ethyl adjacent to an activating group) is 1. The van der Waals surface area contributed by atoms with E-state index in [9.17, 15) is 4.39 Å². The number of nitrogens with one attached hydrogen (secondary N) is 1. The Kier molecular flexibility index (Phi) is 5.73. The van der Waals surface area contributed by atoms with Crippen molar-refractivity contribution in [2.24, 2.45) is 0 Å². The van der Waals surface area contributed by atoms with Gasteiger partial charge in [-0.3, -0.25) is 4.90 Å². The van der Waals surface area contributed by atoms with Crippen molar-refractivity contribution in [1.82, 2.24) is 10.2 Å². The second-order valence-electron chi connectivity index (χ2n) is 5.99. The molecule has 0 radical (unpaired) electrons. The van der Waals surface area contributed by atoms with Crippen LogP contribution in [0.1, 0.15) is 25.8 Å². The lowest BCUT2D eigenvalue weighted by molar-refractivity contribution is -0.0313. The summed E-state index contributed by atoms with van der Waals surface area (Å²) in [6.07, 6.45) is 1.88. The Morgan fingerprint density at radius 3 is 2.67 bits per heavy atom. The van der Waals surface area contributed by atoms with Crippen molar-refractivity contribution in [3.8, 4) is 0 Å². The van der Waals surface area contributed by atoms with Crippen molar-refractivity contribution < 1.29 is 9.13 Å². The lowest BCUT2D eigenvalue weighted by Crippen LogP contribution is -2.62. The first kappa shape index (κ1) is 16.4. The highest BCUT2D eigenvalue weighted by Crippen LogP contribution is 2.27. The number of ether oxygens (including phenoxy) is 1. The Balaban J connectivity index is 2.16. The minimum atomic E-state index is -0.160. The van der Waals surface area contributed by atoms with Crippen LogP contribution >= 0.6 is 0 Å². The maximum Gasteiger partial charge on any atom is 0.123 e. The first-order valence-electron chi connectivity index (χ1n) is 7.84. The zero-order chi connectivity index (χ0) is 15.3. The van der Waals surface area contributed by atoms with E-state index in [2.05, 4.69) is 24.1 Å². The normalized spacial score (nSPS) is 21.0. The highest BCUT2D eigenvalue weighted by atomic mass is 19.1. The molecule has 0 aromatic heterocycles. The number of hydrogen-bond donors (Lipinski definition) is 1. The average Bonchev–Trinajstić information content (AvgIpc) is 2.53. The van der Waals surface area contributed by atoms with E-state index in [0.29, 0.717) is 0 Å². The van der Waals surface area contributed by atoms with Gasteiger partial charge in [0.1, 0.15) is 5.82 Å². The molecule has 0 spiro atoms. The predicted octanol–water partition coefficient (Wildman–Crippen LogP) is 2.46. The number of rotatable bonds is 6. The molecule has 1 aromatic carbocycles. The number of halogens is 1. The fourth-order valence-electron chi connectivity index (χ4n) is 3.30. The van der Waals surface area contributed by atoms with Crippen molar-refractivity contribution >= 4 is 0 Å². The summed E-state index contributed by atoms with van der Waals surface area (Å²) in [6, 6.07) is 7.21. The van der Waals surface area contributed by atoms with E-state index in [-0.39, 0.29) is 17.4 Å². The summed E-state index contributed by atoms with van der Waals surface area (Å²) in [6.45, 7) is 8.06. The second-order valence-corrected chi connectivity index (χ2v) is 5.99. The van der Waals surface area contributed by atoms with Crippen LogP contribution in [0.15, 0.2) is 24.3 Å². The van der Waals surface area contributed by atoms with Crippen molar-refractivity contribution in [2.75, 3.05) is 33.4 Å². The predicted molar refractivity (Wildman–Crippen MR) is 84.0 cm³/mol. The molecule has 0 saturated carbocycles. The van der Waals surface area contributed by atoms with Crippen LogP contribution in [-0.2, 0) is 11.2 Å². The van der Waals surface area contributed by atoms with Gasteiger partial charge in [0.2, 0.25) is 0 Å². The van der Waals surface area contributed by atoms with E-state index < -0.39 is 0 Å². The lowest BCUT2D eigenvalue weighted by atomic mass is 9.83. The third-order valence-corrected chi connectivity index (χ3v) is 4.88. The van der Waals surface area contributed by atoms with Gasteiger partial charge in [-0.05, 0) is 44.5 Å². The van der Waals surface area contributed by atoms with E-state index in [1.807, 2.05) is 13.1 Å². The molecule has 1 aliphatic rings. The summed E-state index contributed by atoms with van der Waals surface area (Å²) in [4.78, 5) is 2.51. The Morgan fingerprint density at radius 1 is 1.38 bits per heavy atom. The number of hydrogen-bond acceptors (Lipinski definition) is 3. The van der Waals surface area contributed by atoms with Gasteiger partial charge in [0.25, 0.3) is 0 Å². The molecule has 118 valence electrons. The van der Waals surface area contributed by atoms with Gasteiger partial charge in [-0.15, -0.1) is 0 Å². The zero-order valence-corrected chi connectivity index (χ0v) is 13.4. The first-order valence-corrected chi connectivity index (χ1v) is 7.84. The maximum atomic E-state index is 13.4. The Bertz CT molecular complexity index is 448. The van der Waals surface area contributed by atoms with Gasteiger partial charge in [0, 0.05) is 24.7 Å². The fourth-order valence-corrected chi connectivity index (χ4v) is 3.30. The molecule has 0 aliphatic carbocycles. The molecule has 1 aromatic rings. The largest absolute Gasteiger partial charge is 0.379 e. The molecular weight excluding hydrogens is 267 g/mol. The molecule has 3 nitrogen and oxygen atoms in total. The van der Waals surface area contributed by atoms with E-state index in [1.165, 1.54) is 6.07 Å². The molecule has 2 rings (SSSR count). The molecule has 1 heterocycles. The van der Waals surface area contributed by atoms with Crippen molar-refractivity contribution in [2.45, 2.75) is 38.3 Å². The molecule has 2 atom stereocenters. The summed E-state index contributed by atoms with van der Waals surface area (Å²) in [7, 11) is 2.00. The number of morpholine rings is 1. The minimum Gasteiger partial charge on any atom is -0.379 e. The van der Waals surface area contributed by atoms with E-state index >= 15 is 0 Å². The molecule has 1 fully saturated rings. The van der Waals surface area contributed by atoms with Crippen LogP contribution in [0.2, 0.25) is 0 Å². The van der Waals surface area contributed by atoms with Gasteiger partial charge in [-0.1, -0.05) is 19.1 Å². The number of benzene rings is 1. The molecule has 1 saturated heterocycles. The fraction of sp³-hybridized carbons (Fsp3) is 0.647. The first-order chi connectivity index (χ1) is 10.1. The summed E-state index contributed by atoms with van der Waals surface area (Å²) in [5, 5.41) is 3.45. The van der Waals surface area contributed by atoms with E-state index in [1.54, 1.807) is 12.1 Å². The van der Waals surface area contributed by atoms with E-state index in [0.717, 1.165) is 44.7 Å². The third kappa shape index (κ3) is 3.82. The van der Waals surface area contributed by atoms with Gasteiger partial charge >= 0.3 is 0 Å². The Hall–Kier alpha value is -0.970. The van der Waals surface area contributed by atoms with Crippen molar-refractivity contribution in [3.63, 3.8) is 0 Å². The van der Waals surface area contributed by atoms with Gasteiger partial charge in [0.05, 0.1) is 13.2 Å². The van der Waals surface area contributed by atoms with Crippen LogP contribution in [0, 0.1) is 5.82 Å². The molecule has 2 unspecified atom stereocenters. The summed E-state index contributed by atoms with van der Waals surface area (Å²) < 4.78 is 18.9. The average molecular weight is 294 g/mol.